The maximum atomic E-state index is 12.2. The third-order valence-electron chi connectivity index (χ3n) is 4.13. The number of aliphatic imine (C=N–C) groups is 1. The van der Waals surface area contributed by atoms with Crippen molar-refractivity contribution in [3.05, 3.63) is 0 Å². The summed E-state index contributed by atoms with van der Waals surface area (Å²) in [6, 6.07) is -4.37. The number of rotatable bonds is 13. The van der Waals surface area contributed by atoms with Gasteiger partial charge in [0.2, 0.25) is 23.6 Å². The summed E-state index contributed by atoms with van der Waals surface area (Å²) in [5.41, 5.74) is 16.2. The zero-order chi connectivity index (χ0) is 24.1. The van der Waals surface area contributed by atoms with Gasteiger partial charge in [0.25, 0.3) is 0 Å². The molecule has 4 amide bonds. The molecular weight excluding hydrogens is 408 g/mol. The van der Waals surface area contributed by atoms with Crippen LogP contribution >= 0.6 is 0 Å². The van der Waals surface area contributed by atoms with Crippen LogP contribution in [0.5, 0.6) is 0 Å². The predicted octanol–water partition coefficient (Wildman–Crippen LogP) is -3.41. The Kier molecular flexibility index (Phi) is 12.5. The predicted molar refractivity (Wildman–Crippen MR) is 114 cm³/mol. The molecule has 0 rings (SSSR count). The molecule has 0 spiro atoms. The van der Waals surface area contributed by atoms with Crippen LogP contribution in [0.4, 0.5) is 0 Å². The minimum atomic E-state index is -0.973. The Morgan fingerprint density at radius 3 is 1.65 bits per heavy atom. The average molecular weight is 443 g/mol. The quantitative estimate of drug-likeness (QED) is 0.0656. The van der Waals surface area contributed by atoms with Crippen molar-refractivity contribution in [1.82, 2.24) is 21.3 Å². The second-order valence-corrected chi connectivity index (χ2v) is 7.18. The van der Waals surface area contributed by atoms with Crippen molar-refractivity contribution in [2.45, 2.75) is 70.7 Å². The lowest BCUT2D eigenvalue weighted by molar-refractivity contribution is -0.133. The van der Waals surface area contributed by atoms with Crippen molar-refractivity contribution < 1.29 is 24.0 Å². The number of nitrogens with zero attached hydrogens (tertiary/aromatic N) is 1. The van der Waals surface area contributed by atoms with E-state index >= 15 is 0 Å². The maximum Gasteiger partial charge on any atom is 0.242 e. The third-order valence-corrected chi connectivity index (χ3v) is 4.13. The summed E-state index contributed by atoms with van der Waals surface area (Å²) in [6.07, 6.45) is 1.36. The van der Waals surface area contributed by atoms with Gasteiger partial charge in [-0.2, -0.15) is 0 Å². The molecule has 0 aromatic rings. The van der Waals surface area contributed by atoms with Crippen molar-refractivity contribution in [3.63, 3.8) is 0 Å². The smallest absolute Gasteiger partial charge is 0.242 e. The number of hydrogen-bond acceptors (Lipinski definition) is 7. The van der Waals surface area contributed by atoms with Crippen LogP contribution in [0, 0.1) is 0 Å². The van der Waals surface area contributed by atoms with Crippen LogP contribution < -0.4 is 38.5 Å². The number of guanidine groups is 1. The van der Waals surface area contributed by atoms with Gasteiger partial charge in [-0.1, -0.05) is 0 Å². The minimum Gasteiger partial charge on any atom is -0.370 e. The van der Waals surface area contributed by atoms with E-state index < -0.39 is 53.8 Å². The number of aldehydes is 1. The van der Waals surface area contributed by atoms with E-state index in [1.807, 2.05) is 0 Å². The summed E-state index contributed by atoms with van der Waals surface area (Å²) in [7, 11) is 0. The highest BCUT2D eigenvalue weighted by molar-refractivity contribution is 5.94. The molecule has 0 bridgehead atoms. The number of amides is 4. The van der Waals surface area contributed by atoms with Crippen molar-refractivity contribution in [2.24, 2.45) is 22.2 Å². The Morgan fingerprint density at radius 1 is 0.806 bits per heavy atom. The first-order valence-electron chi connectivity index (χ1n) is 9.86. The van der Waals surface area contributed by atoms with Gasteiger partial charge >= 0.3 is 0 Å². The summed E-state index contributed by atoms with van der Waals surface area (Å²) >= 11 is 0. The molecule has 5 atom stereocenters. The summed E-state index contributed by atoms with van der Waals surface area (Å²) in [4.78, 5) is 62.8. The fourth-order valence-corrected chi connectivity index (χ4v) is 2.23. The van der Waals surface area contributed by atoms with Gasteiger partial charge in [-0.25, -0.2) is 0 Å². The summed E-state index contributed by atoms with van der Waals surface area (Å²) < 4.78 is 0. The maximum absolute atomic E-state index is 12.2. The number of nitrogens with two attached hydrogens (primary N) is 3. The number of hydrogen-bond donors (Lipinski definition) is 7. The highest BCUT2D eigenvalue weighted by Gasteiger charge is 2.25. The van der Waals surface area contributed by atoms with Crippen LogP contribution in [0.1, 0.15) is 40.5 Å². The summed E-state index contributed by atoms with van der Waals surface area (Å²) in [5, 5.41) is 9.75. The van der Waals surface area contributed by atoms with E-state index in [1.165, 1.54) is 27.7 Å². The largest absolute Gasteiger partial charge is 0.370 e. The molecule has 0 aromatic heterocycles. The van der Waals surface area contributed by atoms with E-state index in [0.717, 1.165) is 0 Å². The second-order valence-electron chi connectivity index (χ2n) is 7.18. The molecule has 0 heterocycles. The number of carbonyl (C=O) groups excluding carboxylic acids is 5. The van der Waals surface area contributed by atoms with Gasteiger partial charge in [-0.05, 0) is 40.5 Å². The molecule has 0 aliphatic rings. The van der Waals surface area contributed by atoms with E-state index in [0.29, 0.717) is 25.7 Å². The molecule has 0 saturated heterocycles. The third kappa shape index (κ3) is 11.5. The van der Waals surface area contributed by atoms with Crippen LogP contribution in [0.25, 0.3) is 0 Å². The molecule has 0 radical (unpaired) electrons. The van der Waals surface area contributed by atoms with E-state index in [9.17, 15) is 24.0 Å². The van der Waals surface area contributed by atoms with Gasteiger partial charge in [0, 0.05) is 6.54 Å². The first-order valence-corrected chi connectivity index (χ1v) is 9.86. The Hall–Kier alpha value is -3.22. The van der Waals surface area contributed by atoms with Crippen LogP contribution in [-0.2, 0) is 24.0 Å². The molecule has 0 unspecified atom stereocenters. The van der Waals surface area contributed by atoms with Crippen LogP contribution in [0.15, 0.2) is 4.99 Å². The number of carbonyl (C=O) groups is 5. The molecule has 31 heavy (non-hydrogen) atoms. The minimum absolute atomic E-state index is 0.0491. The lowest BCUT2D eigenvalue weighted by atomic mass is 10.1. The lowest BCUT2D eigenvalue weighted by Gasteiger charge is -2.21. The first kappa shape index (κ1) is 27.8. The van der Waals surface area contributed by atoms with Gasteiger partial charge in [0.15, 0.2) is 5.96 Å². The average Bonchev–Trinajstić information content (AvgIpc) is 2.69. The Morgan fingerprint density at radius 2 is 1.23 bits per heavy atom. The highest BCUT2D eigenvalue weighted by atomic mass is 16.2. The Balaban J connectivity index is 4.49. The molecule has 176 valence electrons. The summed E-state index contributed by atoms with van der Waals surface area (Å²) in [5.74, 6) is -2.33. The van der Waals surface area contributed by atoms with Gasteiger partial charge in [-0.3, -0.25) is 24.2 Å². The lowest BCUT2D eigenvalue weighted by Crippen LogP contribution is -2.56. The SMILES string of the molecule is C[C@H](NC(=O)[C@H](N)CCCN=C(N)N)C(=O)N[C@@H](C)C(=O)N[C@@H](C)C(=O)N[C@@H](C)C=O. The van der Waals surface area contributed by atoms with Gasteiger partial charge in [0.1, 0.15) is 24.4 Å². The molecule has 0 aromatic carbocycles. The molecule has 0 aliphatic heterocycles. The van der Waals surface area contributed by atoms with Crippen molar-refractivity contribution in [1.29, 1.82) is 0 Å². The van der Waals surface area contributed by atoms with Crippen LogP contribution in [-0.4, -0.2) is 72.6 Å². The topological polar surface area (TPSA) is 224 Å². The first-order chi connectivity index (χ1) is 14.4. The van der Waals surface area contributed by atoms with Crippen molar-refractivity contribution in [2.75, 3.05) is 6.54 Å². The molecule has 13 nitrogen and oxygen atoms in total. The van der Waals surface area contributed by atoms with E-state index in [1.54, 1.807) is 0 Å². The molecule has 13 heteroatoms. The van der Waals surface area contributed by atoms with Crippen molar-refractivity contribution in [3.8, 4) is 0 Å². The Bertz CT molecular complexity index is 680. The molecule has 0 aliphatic carbocycles. The van der Waals surface area contributed by atoms with Gasteiger partial charge in [-0.15, -0.1) is 0 Å². The normalized spacial score (nSPS) is 15.3. The fourth-order valence-electron chi connectivity index (χ4n) is 2.23. The molecular formula is C18H34N8O5. The van der Waals surface area contributed by atoms with E-state index in [-0.39, 0.29) is 5.96 Å². The van der Waals surface area contributed by atoms with E-state index in [2.05, 4.69) is 26.3 Å². The summed E-state index contributed by atoms with van der Waals surface area (Å²) in [6.45, 7) is 6.14. The monoisotopic (exact) mass is 442 g/mol. The molecule has 0 fully saturated rings. The highest BCUT2D eigenvalue weighted by Crippen LogP contribution is 1.97. The van der Waals surface area contributed by atoms with Crippen LogP contribution in [0.2, 0.25) is 0 Å². The van der Waals surface area contributed by atoms with E-state index in [4.69, 9.17) is 17.2 Å². The van der Waals surface area contributed by atoms with Gasteiger partial charge in [0.05, 0.1) is 12.1 Å². The zero-order valence-corrected chi connectivity index (χ0v) is 18.3. The van der Waals surface area contributed by atoms with Crippen LogP contribution in [0.3, 0.4) is 0 Å². The van der Waals surface area contributed by atoms with Crippen molar-refractivity contribution >= 4 is 35.9 Å². The Labute approximate surface area is 181 Å². The number of nitrogens with one attached hydrogen (secondary N) is 4. The second kappa shape index (κ2) is 13.9. The fraction of sp³-hybridized carbons (Fsp3) is 0.667. The zero-order valence-electron chi connectivity index (χ0n) is 18.3. The molecule has 10 N–H and O–H groups in total. The van der Waals surface area contributed by atoms with Gasteiger partial charge < -0.3 is 43.3 Å². The molecule has 0 saturated carbocycles. The standard InChI is InChI=1S/C18H34N8O5/c1-9(8-27)23-14(28)10(2)24-15(29)11(3)25-16(30)12(4)26-17(31)13(19)6-5-7-22-18(20)21/h8-13H,5-7,19H2,1-4H3,(H,23,28)(H,24,29)(H,25,30)(H,26,31)(H4,20,21,22)/t9-,10-,11-,12-,13+/m0/s1.